The fourth-order valence-electron chi connectivity index (χ4n) is 4.59. The van der Waals surface area contributed by atoms with Crippen molar-refractivity contribution in [2.45, 2.75) is 96.1 Å². The number of nitrogens with one attached hydrogen (secondary N) is 1. The Morgan fingerprint density at radius 1 is 0.952 bits per heavy atom. The second kappa shape index (κ2) is 9.84. The highest BCUT2D eigenvalue weighted by molar-refractivity contribution is 4.87. The molecule has 0 aromatic rings. The number of methoxy groups -OCH3 is 1. The molecule has 2 unspecified atom stereocenters. The Balaban J connectivity index is 1.93. The summed E-state index contributed by atoms with van der Waals surface area (Å²) in [5, 5.41) is 3.84. The minimum Gasteiger partial charge on any atom is -0.380 e. The van der Waals surface area contributed by atoms with Crippen molar-refractivity contribution in [3.05, 3.63) is 0 Å². The molecule has 0 aromatic carbocycles. The normalized spacial score (nSPS) is 24.9. The molecule has 2 rings (SSSR count). The van der Waals surface area contributed by atoms with Gasteiger partial charge in [-0.3, -0.25) is 0 Å². The lowest BCUT2D eigenvalue weighted by molar-refractivity contribution is 0.000635. The molecule has 1 N–H and O–H groups in total. The monoisotopic (exact) mass is 295 g/mol. The molecule has 0 heterocycles. The van der Waals surface area contributed by atoms with Crippen molar-refractivity contribution in [1.82, 2.24) is 5.32 Å². The standard InChI is InChI=1S/C19H37NO/c1-3-14-20-18(15-16-10-6-4-7-11-16)19(21-2)17-12-8-5-9-13-17/h16-20H,3-15H2,1-2H3. The van der Waals surface area contributed by atoms with E-state index in [-0.39, 0.29) is 0 Å². The predicted molar refractivity (Wildman–Crippen MR) is 90.6 cm³/mol. The first-order valence-electron chi connectivity index (χ1n) is 9.61. The third kappa shape index (κ3) is 5.56. The molecule has 0 aromatic heterocycles. The molecule has 0 amide bonds. The Hall–Kier alpha value is -0.0800. The zero-order valence-corrected chi connectivity index (χ0v) is 14.4. The van der Waals surface area contributed by atoms with Crippen molar-refractivity contribution in [3.63, 3.8) is 0 Å². The third-order valence-corrected chi connectivity index (χ3v) is 5.75. The predicted octanol–water partition coefficient (Wildman–Crippen LogP) is 4.92. The molecule has 2 saturated carbocycles. The van der Waals surface area contributed by atoms with Gasteiger partial charge in [0.1, 0.15) is 0 Å². The highest BCUT2D eigenvalue weighted by Gasteiger charge is 2.32. The number of hydrogen-bond acceptors (Lipinski definition) is 2. The quantitative estimate of drug-likeness (QED) is 0.686. The van der Waals surface area contributed by atoms with E-state index < -0.39 is 0 Å². The zero-order chi connectivity index (χ0) is 14.9. The Bertz CT molecular complexity index is 256. The first kappa shape index (κ1) is 17.3. The van der Waals surface area contributed by atoms with Gasteiger partial charge in [-0.15, -0.1) is 0 Å². The molecular formula is C19H37NO. The van der Waals surface area contributed by atoms with Gasteiger partial charge in [0.2, 0.25) is 0 Å². The first-order valence-corrected chi connectivity index (χ1v) is 9.61. The van der Waals surface area contributed by atoms with Gasteiger partial charge in [-0.25, -0.2) is 0 Å². The summed E-state index contributed by atoms with van der Waals surface area (Å²) in [6, 6.07) is 0.584. The van der Waals surface area contributed by atoms with Gasteiger partial charge in [0, 0.05) is 13.2 Å². The molecule has 0 bridgehead atoms. The van der Waals surface area contributed by atoms with E-state index in [0.717, 1.165) is 18.4 Å². The maximum absolute atomic E-state index is 6.03. The van der Waals surface area contributed by atoms with Crippen molar-refractivity contribution in [2.24, 2.45) is 11.8 Å². The van der Waals surface area contributed by atoms with Crippen LogP contribution in [0, 0.1) is 11.8 Å². The summed E-state index contributed by atoms with van der Waals surface area (Å²) in [6.45, 7) is 3.41. The largest absolute Gasteiger partial charge is 0.380 e. The van der Waals surface area contributed by atoms with Crippen LogP contribution in [0.25, 0.3) is 0 Å². The van der Waals surface area contributed by atoms with E-state index in [1.54, 1.807) is 0 Å². The van der Waals surface area contributed by atoms with Gasteiger partial charge in [0.15, 0.2) is 0 Å². The van der Waals surface area contributed by atoms with Crippen molar-refractivity contribution in [2.75, 3.05) is 13.7 Å². The molecule has 2 atom stereocenters. The molecule has 2 heteroatoms. The van der Waals surface area contributed by atoms with Gasteiger partial charge in [-0.2, -0.15) is 0 Å². The molecule has 0 aliphatic heterocycles. The summed E-state index contributed by atoms with van der Waals surface area (Å²) in [6.07, 6.45) is 17.3. The van der Waals surface area contributed by atoms with Crippen LogP contribution in [0.4, 0.5) is 0 Å². The average molecular weight is 296 g/mol. The van der Waals surface area contributed by atoms with Crippen molar-refractivity contribution in [1.29, 1.82) is 0 Å². The van der Waals surface area contributed by atoms with Crippen molar-refractivity contribution in [3.8, 4) is 0 Å². The summed E-state index contributed by atoms with van der Waals surface area (Å²) in [5.41, 5.74) is 0. The van der Waals surface area contributed by atoms with Crippen LogP contribution in [0.1, 0.15) is 84.0 Å². The molecule has 2 fully saturated rings. The van der Waals surface area contributed by atoms with E-state index in [1.165, 1.54) is 77.0 Å². The maximum atomic E-state index is 6.03. The van der Waals surface area contributed by atoms with Crippen LogP contribution in [0.3, 0.4) is 0 Å². The zero-order valence-electron chi connectivity index (χ0n) is 14.4. The van der Waals surface area contributed by atoms with E-state index in [9.17, 15) is 0 Å². The van der Waals surface area contributed by atoms with Crippen LogP contribution in [-0.4, -0.2) is 25.8 Å². The topological polar surface area (TPSA) is 21.3 Å². The Morgan fingerprint density at radius 3 is 2.14 bits per heavy atom. The Labute approximate surface area is 132 Å². The van der Waals surface area contributed by atoms with Gasteiger partial charge < -0.3 is 10.1 Å². The molecule has 0 radical (unpaired) electrons. The van der Waals surface area contributed by atoms with Crippen LogP contribution in [0.2, 0.25) is 0 Å². The van der Waals surface area contributed by atoms with Crippen molar-refractivity contribution < 1.29 is 4.74 Å². The van der Waals surface area contributed by atoms with Gasteiger partial charge in [0.25, 0.3) is 0 Å². The molecule has 2 aliphatic rings. The molecule has 124 valence electrons. The molecule has 2 nitrogen and oxygen atoms in total. The fraction of sp³-hybridized carbons (Fsp3) is 1.00. The van der Waals surface area contributed by atoms with E-state index in [1.807, 2.05) is 7.11 Å². The fourth-order valence-corrected chi connectivity index (χ4v) is 4.59. The molecule has 0 saturated heterocycles. The van der Waals surface area contributed by atoms with Crippen LogP contribution < -0.4 is 5.32 Å². The molecule has 21 heavy (non-hydrogen) atoms. The lowest BCUT2D eigenvalue weighted by Gasteiger charge is -2.37. The van der Waals surface area contributed by atoms with Crippen LogP contribution in [0.5, 0.6) is 0 Å². The highest BCUT2D eigenvalue weighted by Crippen LogP contribution is 2.33. The Kier molecular flexibility index (Phi) is 8.10. The lowest BCUT2D eigenvalue weighted by atomic mass is 9.78. The van der Waals surface area contributed by atoms with Gasteiger partial charge >= 0.3 is 0 Å². The summed E-state index contributed by atoms with van der Waals surface area (Å²) in [5.74, 6) is 1.73. The van der Waals surface area contributed by atoms with Crippen LogP contribution in [0.15, 0.2) is 0 Å². The maximum Gasteiger partial charge on any atom is 0.0752 e. The number of hydrogen-bond donors (Lipinski definition) is 1. The summed E-state index contributed by atoms with van der Waals surface area (Å²) in [7, 11) is 1.95. The van der Waals surface area contributed by atoms with Gasteiger partial charge in [-0.05, 0) is 44.1 Å². The SMILES string of the molecule is CCCNC(CC1CCCCC1)C(OC)C1CCCCC1. The second-order valence-electron chi connectivity index (χ2n) is 7.40. The van der Waals surface area contributed by atoms with Crippen LogP contribution in [-0.2, 0) is 4.74 Å². The smallest absolute Gasteiger partial charge is 0.0752 e. The summed E-state index contributed by atoms with van der Waals surface area (Å²) >= 11 is 0. The second-order valence-corrected chi connectivity index (χ2v) is 7.40. The van der Waals surface area contributed by atoms with Gasteiger partial charge in [0.05, 0.1) is 6.10 Å². The third-order valence-electron chi connectivity index (χ3n) is 5.75. The number of ether oxygens (including phenoxy) is 1. The minimum atomic E-state index is 0.443. The van der Waals surface area contributed by atoms with E-state index in [2.05, 4.69) is 12.2 Å². The van der Waals surface area contributed by atoms with E-state index in [4.69, 9.17) is 4.74 Å². The lowest BCUT2D eigenvalue weighted by Crippen LogP contribution is -2.47. The van der Waals surface area contributed by atoms with Crippen LogP contribution >= 0.6 is 0 Å². The summed E-state index contributed by atoms with van der Waals surface area (Å²) < 4.78 is 6.03. The minimum absolute atomic E-state index is 0.443. The number of rotatable bonds is 8. The van der Waals surface area contributed by atoms with E-state index in [0.29, 0.717) is 12.1 Å². The first-order chi connectivity index (χ1) is 10.3. The van der Waals surface area contributed by atoms with Gasteiger partial charge in [-0.1, -0.05) is 58.3 Å². The molecule has 0 spiro atoms. The van der Waals surface area contributed by atoms with Crippen molar-refractivity contribution >= 4 is 0 Å². The molecule has 2 aliphatic carbocycles. The summed E-state index contributed by atoms with van der Waals surface area (Å²) in [4.78, 5) is 0. The highest BCUT2D eigenvalue weighted by atomic mass is 16.5. The average Bonchev–Trinajstić information content (AvgIpc) is 2.55. The Morgan fingerprint density at radius 2 is 1.57 bits per heavy atom. The van der Waals surface area contributed by atoms with E-state index >= 15 is 0 Å². The molecular weight excluding hydrogens is 258 g/mol.